The molecular weight excluding hydrogens is 228 g/mol. The fourth-order valence-corrected chi connectivity index (χ4v) is 2.85. The third kappa shape index (κ3) is 2.30. The van der Waals surface area contributed by atoms with E-state index >= 15 is 0 Å². The van der Waals surface area contributed by atoms with Gasteiger partial charge in [-0.3, -0.25) is 4.79 Å². The Morgan fingerprint density at radius 3 is 2.78 bits per heavy atom. The number of hydrogen-bond acceptors (Lipinski definition) is 3. The molecule has 1 aromatic carbocycles. The van der Waals surface area contributed by atoms with Crippen molar-refractivity contribution in [1.82, 2.24) is 0 Å². The largest absolute Gasteiger partial charge is 0.463 e. The van der Waals surface area contributed by atoms with E-state index in [0.717, 1.165) is 19.3 Å². The number of carbonyl (C=O) groups is 2. The number of hydrogen-bond donors (Lipinski definition) is 0. The highest BCUT2D eigenvalue weighted by Crippen LogP contribution is 2.39. The summed E-state index contributed by atoms with van der Waals surface area (Å²) in [4.78, 5) is 23.1. The zero-order valence-electron chi connectivity index (χ0n) is 10.9. The molecule has 0 amide bonds. The molecule has 0 spiro atoms. The summed E-state index contributed by atoms with van der Waals surface area (Å²) in [5.74, 6) is -1.17. The minimum atomic E-state index is -0.737. The zero-order chi connectivity index (χ0) is 13.2. The molecule has 3 heteroatoms. The number of rotatable bonds is 3. The van der Waals surface area contributed by atoms with E-state index in [1.54, 1.807) is 0 Å². The monoisotopic (exact) mass is 246 g/mol. The van der Waals surface area contributed by atoms with E-state index in [0.29, 0.717) is 0 Å². The van der Waals surface area contributed by atoms with E-state index in [-0.39, 0.29) is 11.8 Å². The van der Waals surface area contributed by atoms with E-state index in [1.165, 1.54) is 18.2 Å². The molecule has 1 atom stereocenters. The minimum absolute atomic E-state index is 0.233. The third-order valence-electron chi connectivity index (χ3n) is 3.81. The van der Waals surface area contributed by atoms with Crippen LogP contribution in [0.2, 0.25) is 0 Å². The Morgan fingerprint density at radius 1 is 1.33 bits per heavy atom. The highest BCUT2D eigenvalue weighted by molar-refractivity contribution is 6.33. The first-order chi connectivity index (χ1) is 8.57. The zero-order valence-corrected chi connectivity index (χ0v) is 10.9. The molecule has 18 heavy (non-hydrogen) atoms. The predicted molar refractivity (Wildman–Crippen MR) is 68.4 cm³/mol. The van der Waals surface area contributed by atoms with E-state index in [1.807, 2.05) is 12.1 Å². The highest BCUT2D eigenvalue weighted by Gasteiger charge is 2.35. The topological polar surface area (TPSA) is 43.4 Å². The summed E-state index contributed by atoms with van der Waals surface area (Å²) < 4.78 is 4.50. The first-order valence-electron chi connectivity index (χ1n) is 6.26. The second kappa shape index (κ2) is 4.92. The standard InChI is InChI=1S/C15H18O3/c1-15(10-13(16)14(17)18-2)9-5-7-11-6-3-4-8-12(11)15/h3-4,6,8H,5,7,9-10H2,1-2H3. The summed E-state index contributed by atoms with van der Waals surface area (Å²) in [6.45, 7) is 2.06. The maximum absolute atomic E-state index is 11.8. The second-order valence-corrected chi connectivity index (χ2v) is 5.16. The van der Waals surface area contributed by atoms with Gasteiger partial charge >= 0.3 is 5.97 Å². The van der Waals surface area contributed by atoms with E-state index in [2.05, 4.69) is 23.8 Å². The molecule has 0 saturated heterocycles. The fourth-order valence-electron chi connectivity index (χ4n) is 2.85. The highest BCUT2D eigenvalue weighted by atomic mass is 16.5. The van der Waals surface area contributed by atoms with Gasteiger partial charge in [0.1, 0.15) is 0 Å². The van der Waals surface area contributed by atoms with Crippen molar-refractivity contribution in [3.63, 3.8) is 0 Å². The van der Waals surface area contributed by atoms with Gasteiger partial charge < -0.3 is 4.74 Å². The normalized spacial score (nSPS) is 22.1. The Balaban J connectivity index is 2.27. The summed E-state index contributed by atoms with van der Waals surface area (Å²) in [6.07, 6.45) is 3.28. The molecule has 0 heterocycles. The van der Waals surface area contributed by atoms with Gasteiger partial charge in [-0.1, -0.05) is 31.2 Å². The van der Waals surface area contributed by atoms with Gasteiger partial charge in [0.25, 0.3) is 0 Å². The predicted octanol–water partition coefficient (Wildman–Crippen LogP) is 2.41. The summed E-state index contributed by atoms with van der Waals surface area (Å²) in [6, 6.07) is 8.19. The van der Waals surface area contributed by atoms with Crippen LogP contribution in [-0.2, 0) is 26.2 Å². The van der Waals surface area contributed by atoms with Crippen molar-refractivity contribution >= 4 is 11.8 Å². The van der Waals surface area contributed by atoms with E-state index < -0.39 is 11.8 Å². The van der Waals surface area contributed by atoms with Gasteiger partial charge in [0, 0.05) is 11.8 Å². The minimum Gasteiger partial charge on any atom is -0.463 e. The van der Waals surface area contributed by atoms with Crippen molar-refractivity contribution in [1.29, 1.82) is 0 Å². The molecule has 0 fully saturated rings. The van der Waals surface area contributed by atoms with Gasteiger partial charge in [-0.2, -0.15) is 0 Å². The van der Waals surface area contributed by atoms with Crippen LogP contribution in [0.25, 0.3) is 0 Å². The number of methoxy groups -OCH3 is 1. The molecule has 2 rings (SSSR count). The molecule has 0 saturated carbocycles. The van der Waals surface area contributed by atoms with Crippen molar-refractivity contribution in [3.05, 3.63) is 35.4 Å². The van der Waals surface area contributed by atoms with Crippen LogP contribution in [0.5, 0.6) is 0 Å². The van der Waals surface area contributed by atoms with Crippen LogP contribution in [0.3, 0.4) is 0 Å². The molecule has 0 bridgehead atoms. The lowest BCUT2D eigenvalue weighted by Crippen LogP contribution is -2.33. The van der Waals surface area contributed by atoms with Crippen LogP contribution in [0, 0.1) is 0 Å². The van der Waals surface area contributed by atoms with Gasteiger partial charge in [-0.25, -0.2) is 4.79 Å². The molecule has 96 valence electrons. The summed E-state index contributed by atoms with van der Waals surface area (Å²) in [5.41, 5.74) is 2.26. The molecular formula is C15H18O3. The number of ketones is 1. The molecule has 0 radical (unpaired) electrons. The maximum atomic E-state index is 11.8. The molecule has 0 aliphatic heterocycles. The Labute approximate surface area is 107 Å². The molecule has 3 nitrogen and oxygen atoms in total. The first-order valence-corrected chi connectivity index (χ1v) is 6.26. The van der Waals surface area contributed by atoms with E-state index in [9.17, 15) is 9.59 Å². The average Bonchev–Trinajstić information content (AvgIpc) is 2.38. The van der Waals surface area contributed by atoms with Gasteiger partial charge in [-0.15, -0.1) is 0 Å². The SMILES string of the molecule is COC(=O)C(=O)CC1(C)CCCc2ccccc21. The molecule has 0 aromatic heterocycles. The number of esters is 1. The maximum Gasteiger partial charge on any atom is 0.374 e. The number of fused-ring (bicyclic) bond motifs is 1. The lowest BCUT2D eigenvalue weighted by atomic mass is 9.69. The summed E-state index contributed by atoms with van der Waals surface area (Å²) >= 11 is 0. The Hall–Kier alpha value is -1.64. The molecule has 1 aliphatic rings. The van der Waals surface area contributed by atoms with Crippen molar-refractivity contribution in [2.75, 3.05) is 7.11 Å². The van der Waals surface area contributed by atoms with Crippen LogP contribution < -0.4 is 0 Å². The average molecular weight is 246 g/mol. The van der Waals surface area contributed by atoms with Gasteiger partial charge in [0.2, 0.25) is 5.78 Å². The van der Waals surface area contributed by atoms with Crippen molar-refractivity contribution in [3.8, 4) is 0 Å². The second-order valence-electron chi connectivity index (χ2n) is 5.16. The molecule has 1 aliphatic carbocycles. The number of Topliss-reactive ketones (excluding diaryl/α,β-unsaturated/α-hetero) is 1. The Bertz CT molecular complexity index is 478. The van der Waals surface area contributed by atoms with Crippen LogP contribution in [-0.4, -0.2) is 18.9 Å². The lowest BCUT2D eigenvalue weighted by molar-refractivity contribution is -0.152. The Kier molecular flexibility index (Phi) is 3.50. The van der Waals surface area contributed by atoms with Crippen molar-refractivity contribution in [2.45, 2.75) is 38.0 Å². The lowest BCUT2D eigenvalue weighted by Gasteiger charge is -2.35. The quantitative estimate of drug-likeness (QED) is 0.607. The Morgan fingerprint density at radius 2 is 2.06 bits per heavy atom. The molecule has 0 N–H and O–H groups in total. The summed E-state index contributed by atoms with van der Waals surface area (Å²) in [7, 11) is 1.25. The smallest absolute Gasteiger partial charge is 0.374 e. The van der Waals surface area contributed by atoms with Gasteiger partial charge in [-0.05, 0) is 30.4 Å². The first kappa shape index (κ1) is 12.8. The van der Waals surface area contributed by atoms with Gasteiger partial charge in [0.05, 0.1) is 7.11 Å². The number of benzene rings is 1. The van der Waals surface area contributed by atoms with Crippen molar-refractivity contribution < 1.29 is 14.3 Å². The molecule has 1 unspecified atom stereocenters. The number of carbonyl (C=O) groups excluding carboxylic acids is 2. The number of aryl methyl sites for hydroxylation is 1. The molecule has 1 aromatic rings. The van der Waals surface area contributed by atoms with Crippen LogP contribution in [0.15, 0.2) is 24.3 Å². The van der Waals surface area contributed by atoms with Crippen molar-refractivity contribution in [2.24, 2.45) is 0 Å². The summed E-state index contributed by atoms with van der Waals surface area (Å²) in [5, 5.41) is 0. The number of ether oxygens (including phenoxy) is 1. The van der Waals surface area contributed by atoms with E-state index in [4.69, 9.17) is 0 Å². The van der Waals surface area contributed by atoms with Crippen LogP contribution >= 0.6 is 0 Å². The fraction of sp³-hybridized carbons (Fsp3) is 0.467. The van der Waals surface area contributed by atoms with Crippen LogP contribution in [0.1, 0.15) is 37.3 Å². The van der Waals surface area contributed by atoms with Crippen LogP contribution in [0.4, 0.5) is 0 Å². The van der Waals surface area contributed by atoms with Gasteiger partial charge in [0.15, 0.2) is 0 Å². The third-order valence-corrected chi connectivity index (χ3v) is 3.81.